The average Bonchev–Trinajstić information content (AvgIpc) is 2.76. The topological polar surface area (TPSA) is 44.8 Å². The zero-order valence-electron chi connectivity index (χ0n) is 20.9. The molecule has 5 heteroatoms. The van der Waals surface area contributed by atoms with Crippen LogP contribution in [0.15, 0.2) is 30.3 Å². The number of rotatable bonds is 16. The minimum absolute atomic E-state index is 0.243. The summed E-state index contributed by atoms with van der Waals surface area (Å²) in [6.45, 7) is 8.64. The van der Waals surface area contributed by atoms with E-state index in [0.29, 0.717) is 6.42 Å². The quantitative estimate of drug-likeness (QED) is 0.161. The lowest BCUT2D eigenvalue weighted by Crippen LogP contribution is -2.62. The van der Waals surface area contributed by atoms with E-state index in [1.54, 1.807) is 7.11 Å². The molecule has 31 heavy (non-hydrogen) atoms. The Morgan fingerprint density at radius 1 is 0.871 bits per heavy atom. The first-order chi connectivity index (χ1) is 14.8. The summed E-state index contributed by atoms with van der Waals surface area (Å²) in [4.78, 5) is 12.6. The van der Waals surface area contributed by atoms with Gasteiger partial charge in [-0.25, -0.2) is 4.79 Å². The number of methoxy groups -OCH3 is 1. The Morgan fingerprint density at radius 2 is 1.39 bits per heavy atom. The Kier molecular flexibility index (Phi) is 13.3. The summed E-state index contributed by atoms with van der Waals surface area (Å²) in [5.41, 5.74) is 0. The Bertz CT molecular complexity index is 599. The molecule has 1 aromatic rings. The van der Waals surface area contributed by atoms with Crippen molar-refractivity contribution in [3.8, 4) is 0 Å². The minimum atomic E-state index is -2.89. The molecule has 2 atom stereocenters. The van der Waals surface area contributed by atoms with Crippen LogP contribution >= 0.6 is 0 Å². The number of hydrogen-bond donors (Lipinski definition) is 0. The van der Waals surface area contributed by atoms with Gasteiger partial charge in [0, 0.05) is 12.1 Å². The van der Waals surface area contributed by atoms with E-state index < -0.39 is 14.7 Å². The van der Waals surface area contributed by atoms with Crippen LogP contribution in [0.3, 0.4) is 0 Å². The summed E-state index contributed by atoms with van der Waals surface area (Å²) in [5.74, 6) is -0.301. The number of carbonyl (C=O) groups excluding carboxylic acids is 1. The van der Waals surface area contributed by atoms with Crippen molar-refractivity contribution < 1.29 is 18.4 Å². The second-order valence-electron chi connectivity index (χ2n) is 9.54. The largest absolute Gasteiger partial charge is 0.467 e. The summed E-state index contributed by atoms with van der Waals surface area (Å²) in [5, 5.41) is 0.801. The molecule has 0 aliphatic heterocycles. The van der Waals surface area contributed by atoms with E-state index in [1.165, 1.54) is 58.5 Å². The monoisotopic (exact) mass is 450 g/mol. The third kappa shape index (κ3) is 9.07. The van der Waals surface area contributed by atoms with Crippen LogP contribution in [0.1, 0.15) is 98.3 Å². The van der Waals surface area contributed by atoms with E-state index in [0.717, 1.165) is 18.0 Å². The second kappa shape index (κ2) is 14.8. The fraction of sp³-hybridized carbons (Fsp3) is 0.731. The zero-order valence-corrected chi connectivity index (χ0v) is 21.9. The second-order valence-corrected chi connectivity index (χ2v) is 13.5. The molecule has 0 saturated heterocycles. The highest BCUT2D eigenvalue weighted by atomic mass is 28.4. The summed E-state index contributed by atoms with van der Waals surface area (Å²) >= 11 is 0. The van der Waals surface area contributed by atoms with Gasteiger partial charge in [0.1, 0.15) is 6.10 Å². The molecular formula is C26H46O4Si. The van der Waals surface area contributed by atoms with Gasteiger partial charge in [0.05, 0.1) is 7.11 Å². The van der Waals surface area contributed by atoms with Crippen LogP contribution in [0.4, 0.5) is 0 Å². The van der Waals surface area contributed by atoms with Gasteiger partial charge in [0.15, 0.2) is 0 Å². The van der Waals surface area contributed by atoms with Crippen LogP contribution in [-0.2, 0) is 18.4 Å². The van der Waals surface area contributed by atoms with E-state index in [2.05, 4.69) is 39.8 Å². The third-order valence-corrected chi connectivity index (χ3v) is 10.3. The molecule has 1 aromatic carbocycles. The van der Waals surface area contributed by atoms with Gasteiger partial charge in [0.25, 0.3) is 0 Å². The number of unbranched alkanes of at least 4 members (excludes halogenated alkanes) is 9. The first kappa shape index (κ1) is 27.9. The van der Waals surface area contributed by atoms with Crippen LogP contribution in [0.5, 0.6) is 0 Å². The molecule has 0 spiro atoms. The smallest absolute Gasteiger partial charge is 0.378 e. The predicted octanol–water partition coefficient (Wildman–Crippen LogP) is 6.65. The van der Waals surface area contributed by atoms with Crippen molar-refractivity contribution in [2.75, 3.05) is 14.2 Å². The maximum absolute atomic E-state index is 12.6. The van der Waals surface area contributed by atoms with Gasteiger partial charge in [-0.05, 0) is 11.6 Å². The summed E-state index contributed by atoms with van der Waals surface area (Å²) in [7, 11) is 0.258. The van der Waals surface area contributed by atoms with Crippen molar-refractivity contribution in [1.82, 2.24) is 0 Å². The van der Waals surface area contributed by atoms with Crippen molar-refractivity contribution in [1.29, 1.82) is 0 Å². The van der Waals surface area contributed by atoms with Gasteiger partial charge in [0.2, 0.25) is 0 Å². The van der Waals surface area contributed by atoms with Crippen molar-refractivity contribution >= 4 is 19.7 Å². The van der Waals surface area contributed by atoms with Gasteiger partial charge < -0.3 is 13.6 Å². The van der Waals surface area contributed by atoms with Crippen molar-refractivity contribution in [3.05, 3.63) is 30.3 Å². The Labute approximate surface area is 192 Å². The molecule has 0 aliphatic carbocycles. The van der Waals surface area contributed by atoms with Crippen LogP contribution in [0, 0.1) is 0 Å². The normalized spacial score (nSPS) is 14.8. The maximum Gasteiger partial charge on any atom is 0.378 e. The number of benzene rings is 1. The van der Waals surface area contributed by atoms with Crippen LogP contribution < -0.4 is 5.19 Å². The Balaban J connectivity index is 2.67. The van der Waals surface area contributed by atoms with E-state index in [-0.39, 0.29) is 11.0 Å². The van der Waals surface area contributed by atoms with E-state index in [9.17, 15) is 4.79 Å². The molecular weight excluding hydrogens is 404 g/mol. The average molecular weight is 451 g/mol. The minimum Gasteiger partial charge on any atom is -0.467 e. The number of carbonyl (C=O) groups is 1. The van der Waals surface area contributed by atoms with E-state index >= 15 is 0 Å². The van der Waals surface area contributed by atoms with E-state index in [4.69, 9.17) is 13.6 Å². The highest BCUT2D eigenvalue weighted by Crippen LogP contribution is 2.38. The lowest BCUT2D eigenvalue weighted by atomic mass is 10.0. The first-order valence-electron chi connectivity index (χ1n) is 12.2. The summed E-state index contributed by atoms with van der Waals surface area (Å²) < 4.78 is 17.8. The molecule has 4 nitrogen and oxygen atoms in total. The molecule has 0 saturated carbocycles. The molecule has 0 aromatic heterocycles. The summed E-state index contributed by atoms with van der Waals surface area (Å²) in [6, 6.07) is 10.1. The standard InChI is InChI=1S/C26H46O4Si/c1-7-8-9-10-11-12-13-14-15-19-22-24(25(27)28-5)30-31(29-6,26(2,3)4)23-20-17-16-18-21-23/h16-18,20-21,24H,7-15,19,22H2,1-6H3/t24-,31?/m0/s1. The molecule has 0 radical (unpaired) electrons. The first-order valence-corrected chi connectivity index (χ1v) is 14.0. The predicted molar refractivity (Wildman–Crippen MR) is 132 cm³/mol. The van der Waals surface area contributed by atoms with Crippen molar-refractivity contribution in [2.24, 2.45) is 0 Å². The molecule has 0 amide bonds. The molecule has 0 heterocycles. The van der Waals surface area contributed by atoms with Gasteiger partial charge >= 0.3 is 14.5 Å². The van der Waals surface area contributed by atoms with Crippen LogP contribution in [0.2, 0.25) is 5.04 Å². The molecule has 0 bridgehead atoms. The third-order valence-electron chi connectivity index (χ3n) is 6.02. The maximum atomic E-state index is 12.6. The molecule has 0 N–H and O–H groups in total. The Hall–Kier alpha value is -1.17. The molecule has 178 valence electrons. The fourth-order valence-electron chi connectivity index (χ4n) is 4.18. The van der Waals surface area contributed by atoms with Crippen LogP contribution in [0.25, 0.3) is 0 Å². The van der Waals surface area contributed by atoms with Gasteiger partial charge in [-0.15, -0.1) is 0 Å². The fourth-order valence-corrected chi connectivity index (χ4v) is 7.73. The van der Waals surface area contributed by atoms with Gasteiger partial charge in [-0.3, -0.25) is 0 Å². The van der Waals surface area contributed by atoms with E-state index in [1.807, 2.05) is 18.2 Å². The van der Waals surface area contributed by atoms with Gasteiger partial charge in [-0.1, -0.05) is 122 Å². The lowest BCUT2D eigenvalue weighted by molar-refractivity contribution is -0.150. The molecule has 1 rings (SSSR count). The molecule has 0 aliphatic rings. The van der Waals surface area contributed by atoms with Crippen LogP contribution in [-0.4, -0.2) is 34.9 Å². The lowest BCUT2D eigenvalue weighted by Gasteiger charge is -2.41. The van der Waals surface area contributed by atoms with Crippen molar-refractivity contribution in [2.45, 2.75) is 109 Å². The van der Waals surface area contributed by atoms with Crippen molar-refractivity contribution in [3.63, 3.8) is 0 Å². The number of hydrogen-bond acceptors (Lipinski definition) is 4. The van der Waals surface area contributed by atoms with Gasteiger partial charge in [-0.2, -0.15) is 0 Å². The highest BCUT2D eigenvalue weighted by molar-refractivity contribution is 6.83. The molecule has 1 unspecified atom stereocenters. The molecule has 0 fully saturated rings. The number of ether oxygens (including phenoxy) is 1. The number of esters is 1. The SMILES string of the molecule is CCCCCCCCCCCC[C@H](O[Si](OC)(c1ccccc1)C(C)(C)C)C(=O)OC. The Morgan fingerprint density at radius 3 is 1.84 bits per heavy atom. The highest BCUT2D eigenvalue weighted by Gasteiger charge is 2.53. The summed E-state index contributed by atoms with van der Waals surface area (Å²) in [6.07, 6.45) is 12.7. The zero-order chi connectivity index (χ0) is 23.2.